The molecule has 0 saturated carbocycles. The molecule has 82 heavy (non-hydrogen) atoms. The van der Waals surface area contributed by atoms with E-state index in [9.17, 15) is 16.4 Å². The molecule has 0 unspecified atom stereocenters. The predicted molar refractivity (Wildman–Crippen MR) is 339 cm³/mol. The van der Waals surface area contributed by atoms with Gasteiger partial charge in [0.15, 0.2) is 0 Å². The van der Waals surface area contributed by atoms with E-state index in [2.05, 4.69) is 82.6 Å². The number of hydrogen-bond donors (Lipinski definition) is 0. The van der Waals surface area contributed by atoms with Crippen LogP contribution in [0.5, 0.6) is 0 Å². The molecule has 10 nitrogen and oxygen atoms in total. The number of benzene rings is 11. The molecule has 0 saturated heterocycles. The zero-order chi connectivity index (χ0) is 64.5. The minimum absolute atomic E-state index is 0.460. The molecule has 11 aromatic carbocycles. The summed E-state index contributed by atoms with van der Waals surface area (Å²) in [5.74, 6) is 0. The van der Waals surface area contributed by atoms with E-state index in [4.69, 9.17) is 0 Å². The second kappa shape index (κ2) is 18.2. The number of hydrogen-bond acceptors (Lipinski definition) is 10. The molecule has 0 fully saturated rings. The fraction of sp³-hybridized carbons (Fsp3) is 0.0571. The van der Waals surface area contributed by atoms with Crippen molar-refractivity contribution in [3.8, 4) is 0 Å². The van der Waals surface area contributed by atoms with Crippen LogP contribution in [0.3, 0.4) is 0 Å². The number of fused-ring (bicyclic) bond motifs is 28. The second-order valence-electron chi connectivity index (χ2n) is 20.4. The maximum atomic E-state index is 9.23. The quantitative estimate of drug-likeness (QED) is 0.167. The van der Waals surface area contributed by atoms with Crippen LogP contribution < -0.4 is 49.0 Å². The van der Waals surface area contributed by atoms with E-state index in [1.165, 1.54) is 19.6 Å². The first-order valence-electron chi connectivity index (χ1n) is 32.6. The topological polar surface area (TPSA) is 32.4 Å². The van der Waals surface area contributed by atoms with E-state index in [0.717, 1.165) is 55.7 Å². The maximum absolute atomic E-state index is 9.23. The second-order valence-corrected chi connectivity index (χ2v) is 25.6. The fourth-order valence-electron chi connectivity index (χ4n) is 12.2. The summed E-state index contributed by atoms with van der Waals surface area (Å²) in [5, 5.41) is 3.49. The zero-order valence-corrected chi connectivity index (χ0v) is 47.7. The molecule has 0 radical (unpaired) electrons. The van der Waals surface area contributed by atoms with Crippen molar-refractivity contribution in [2.75, 3.05) is 76.9 Å². The third-order valence-corrected chi connectivity index (χ3v) is 21.9. The summed E-state index contributed by atoms with van der Waals surface area (Å²) in [6.45, 7) is -10.7. The molecule has 0 atom stereocenters. The van der Waals surface area contributed by atoms with Crippen molar-refractivity contribution in [2.45, 2.75) is 0 Å². The molecule has 0 aliphatic carbocycles. The number of anilines is 18. The first-order chi connectivity index (χ1) is 45.2. The Morgan fingerprint density at radius 1 is 0.232 bits per heavy atom. The van der Waals surface area contributed by atoms with Crippen LogP contribution in [0.25, 0.3) is 21.5 Å². The molecular weight excluding hydrogens is 1370 g/mol. The Balaban J connectivity index is 0.910. The van der Waals surface area contributed by atoms with Crippen molar-refractivity contribution in [3.05, 3.63) is 243 Å². The van der Waals surface area contributed by atoms with Crippen molar-refractivity contribution in [1.82, 2.24) is 0 Å². The average molecular weight is 1440 g/mol. The van der Waals surface area contributed by atoms with E-state index in [-0.39, 0.29) is 0 Å². The van der Waals surface area contributed by atoms with Gasteiger partial charge < -0.3 is 0 Å². The molecule has 6 heterocycles. The molecule has 0 aromatic heterocycles. The van der Waals surface area contributed by atoms with E-state index in [0.29, 0.717) is 84.8 Å². The van der Waals surface area contributed by atoms with Crippen LogP contribution in [0.2, 0.25) is 0 Å². The fourth-order valence-corrected chi connectivity index (χ4v) is 18.5. The summed E-state index contributed by atoms with van der Waals surface area (Å²) in [4.78, 5) is 18.1. The van der Waals surface area contributed by atoms with Gasteiger partial charge in [0, 0.05) is 0 Å². The van der Waals surface area contributed by atoms with Gasteiger partial charge in [0.2, 0.25) is 0 Å². The average Bonchev–Trinajstić information content (AvgIpc) is 1.54. The van der Waals surface area contributed by atoms with E-state index in [1.54, 1.807) is 0 Å². The van der Waals surface area contributed by atoms with Gasteiger partial charge >= 0.3 is 512 Å². The summed E-state index contributed by atoms with van der Waals surface area (Å²) < 4.78 is 112. The van der Waals surface area contributed by atoms with Crippen molar-refractivity contribution in [2.24, 2.45) is 0 Å². The van der Waals surface area contributed by atoms with Crippen LogP contribution in [0.1, 0.15) is 16.4 Å². The molecular formula is C70H52N10Pt2. The van der Waals surface area contributed by atoms with Crippen molar-refractivity contribution >= 4 is 141 Å². The molecule has 0 spiro atoms. The molecule has 11 aromatic rings. The molecule has 17 rings (SSSR count). The van der Waals surface area contributed by atoms with Crippen molar-refractivity contribution in [1.29, 1.82) is 0 Å². The van der Waals surface area contributed by atoms with Crippen LogP contribution in [0.4, 0.5) is 102 Å². The van der Waals surface area contributed by atoms with Gasteiger partial charge in [-0.25, -0.2) is 0 Å². The van der Waals surface area contributed by atoms with Gasteiger partial charge in [-0.3, -0.25) is 0 Å². The van der Waals surface area contributed by atoms with Crippen LogP contribution in [-0.2, 0) is 35.3 Å². The third kappa shape index (κ3) is 6.95. The zero-order valence-electron chi connectivity index (χ0n) is 55.2. The van der Waals surface area contributed by atoms with E-state index < -0.39 is 63.2 Å². The molecule has 6 aliphatic heterocycles. The molecule has 12 heteroatoms. The van der Waals surface area contributed by atoms with Crippen LogP contribution >= 0.6 is 0 Å². The Hall–Kier alpha value is -9.20. The Morgan fingerprint density at radius 2 is 0.537 bits per heavy atom. The number of rotatable bonds is 2. The van der Waals surface area contributed by atoms with Gasteiger partial charge in [-0.05, 0) is 0 Å². The van der Waals surface area contributed by atoms with Gasteiger partial charge in [0.1, 0.15) is 0 Å². The first kappa shape index (κ1) is 36.9. The van der Waals surface area contributed by atoms with Crippen LogP contribution in [0.15, 0.2) is 243 Å². The van der Waals surface area contributed by atoms with Gasteiger partial charge in [-0.2, -0.15) is 0 Å². The van der Waals surface area contributed by atoms with Crippen LogP contribution in [0, 0.1) is 0 Å². The normalized spacial score (nSPS) is 18.6. The van der Waals surface area contributed by atoms with Gasteiger partial charge in [0.05, 0.1) is 0 Å². The predicted octanol–water partition coefficient (Wildman–Crippen LogP) is 15.8. The summed E-state index contributed by atoms with van der Waals surface area (Å²) in [6.07, 6.45) is 0. The summed E-state index contributed by atoms with van der Waals surface area (Å²) in [5.41, 5.74) is 11.9. The van der Waals surface area contributed by atoms with E-state index >= 15 is 0 Å². The number of para-hydroxylation sites is 8. The van der Waals surface area contributed by atoms with Gasteiger partial charge in [-0.15, -0.1) is 0 Å². The SMILES string of the molecule is [2H]C([2H])([2H])N1[C]2=[Pt]=[C]3N(c4ccccc4N3C([2H])([2H])[2H])c3cc(cc4ccccc34)N(c3ccc(N4c5cccc(c5)N5[C](=[Pt]=[C]6N(c7ccccc7N6C([2H])([2H])[2H])c6cc4cc4ccccc64)N(C([2H])([2H])[2H])c4ccccc45)cc3)c3cccc(c3)N2c2ccccc21. The van der Waals surface area contributed by atoms with Crippen molar-refractivity contribution in [3.63, 3.8) is 0 Å². The third-order valence-electron chi connectivity index (χ3n) is 15.8. The molecule has 6 aliphatic rings. The Labute approximate surface area is 508 Å². The molecule has 402 valence electrons. The van der Waals surface area contributed by atoms with Crippen LogP contribution in [-0.4, -0.2) is 44.5 Å². The first-order valence-corrected chi connectivity index (χ1v) is 31.1. The van der Waals surface area contributed by atoms with Crippen molar-refractivity contribution < 1.29 is 51.7 Å². The summed E-state index contributed by atoms with van der Waals surface area (Å²) in [6, 6.07) is 78.8. The molecule has 0 N–H and O–H groups in total. The summed E-state index contributed by atoms with van der Waals surface area (Å²) in [7, 11) is 0. The Kier molecular flexibility index (Phi) is 8.18. The Bertz CT molecular complexity index is 4870. The Morgan fingerprint density at radius 3 is 0.902 bits per heavy atom. The van der Waals surface area contributed by atoms with Gasteiger partial charge in [-0.1, -0.05) is 0 Å². The number of nitrogens with zero attached hydrogens (tertiary/aromatic N) is 10. The summed E-state index contributed by atoms with van der Waals surface area (Å²) >= 11 is -3.41. The monoisotopic (exact) mass is 1430 g/mol. The molecule has 0 amide bonds. The standard InChI is InChI=1S/C70H52N10.2Pt/c1-71-45-75(65-31-13-9-27-61(65)71)53-21-17-23-55(41-53)79(57-39-49-19-5-7-25-59(49)69(43-57)77-47-73(3)63-29-11-15-33-67(63)77)51-35-37-52(38-36-51)80(56-24-18-22-54(42-56)76-46-72(2)62-28-10-14-32-66(62)76)58-40-50-20-6-8-26-60(50)70(44-58)78-48-74(4)64-30-12-16-34-68(64)78;;/h5-44H,1-4H3;;/i1D3,2D3,3D3,4D3;;. The van der Waals surface area contributed by atoms with Gasteiger partial charge in [0.25, 0.3) is 0 Å². The van der Waals surface area contributed by atoms with E-state index in [1.807, 2.05) is 189 Å². The minimum atomic E-state index is -2.68. The molecule has 8 bridgehead atoms.